The first-order chi connectivity index (χ1) is 6.78. The number of rotatable bonds is 4. The van der Waals surface area contributed by atoms with E-state index in [4.69, 9.17) is 25.3 Å². The van der Waals surface area contributed by atoms with Crippen molar-refractivity contribution in [2.45, 2.75) is 0 Å². The Morgan fingerprint density at radius 3 is 2.07 bits per heavy atom. The molecule has 0 amide bonds. The molecule has 0 aliphatic carbocycles. The second kappa shape index (κ2) is 5.12. The van der Waals surface area contributed by atoms with Crippen LogP contribution in [0.15, 0.2) is 12.1 Å². The van der Waals surface area contributed by atoms with E-state index in [1.165, 1.54) is 0 Å². The van der Waals surface area contributed by atoms with Crippen molar-refractivity contribution in [1.82, 2.24) is 0 Å². The average Bonchev–Trinajstić information content (AvgIpc) is 2.26. The molecule has 1 rings (SSSR count). The van der Waals surface area contributed by atoms with E-state index in [2.05, 4.69) is 0 Å². The monoisotopic (exact) mass is 232 g/mol. The Hall–Kier alpha value is -0.873. The maximum Gasteiger partial charge on any atom is 0.203 e. The summed E-state index contributed by atoms with van der Waals surface area (Å²) in [6.45, 7) is 0. The summed E-state index contributed by atoms with van der Waals surface area (Å²) in [6, 6.07) is 3.76. The van der Waals surface area contributed by atoms with Gasteiger partial charge < -0.3 is 14.2 Å². The molecule has 3 nitrogen and oxygen atoms in total. The molecule has 0 aliphatic rings. The van der Waals surface area contributed by atoms with E-state index >= 15 is 0 Å². The van der Waals surface area contributed by atoms with Crippen molar-refractivity contribution in [3.63, 3.8) is 0 Å². The van der Waals surface area contributed by atoms with Crippen molar-refractivity contribution in [3.8, 4) is 17.2 Å². The van der Waals surface area contributed by atoms with Gasteiger partial charge >= 0.3 is 0 Å². The third-order valence-electron chi connectivity index (χ3n) is 1.93. The van der Waals surface area contributed by atoms with Crippen LogP contribution in [0, 0.1) is 0 Å². The van der Waals surface area contributed by atoms with Crippen molar-refractivity contribution in [1.29, 1.82) is 0 Å². The molecule has 0 bridgehead atoms. The van der Waals surface area contributed by atoms with Crippen molar-refractivity contribution in [3.05, 3.63) is 12.1 Å². The molecule has 1 aromatic rings. The SMILES string of the molecule is COc1ccc([SiH2]Cl)c(OC)c1OC. The second-order valence-electron chi connectivity index (χ2n) is 2.63. The number of benzene rings is 1. The zero-order chi connectivity index (χ0) is 10.6. The van der Waals surface area contributed by atoms with Crippen LogP contribution in [0.5, 0.6) is 17.2 Å². The molecular weight excluding hydrogens is 220 g/mol. The molecule has 78 valence electrons. The van der Waals surface area contributed by atoms with Crippen molar-refractivity contribution < 1.29 is 14.2 Å². The van der Waals surface area contributed by atoms with E-state index in [0.29, 0.717) is 17.2 Å². The fourth-order valence-corrected chi connectivity index (χ4v) is 2.53. The van der Waals surface area contributed by atoms with Crippen LogP contribution >= 0.6 is 11.1 Å². The van der Waals surface area contributed by atoms with Gasteiger partial charge in [0.25, 0.3) is 0 Å². The van der Waals surface area contributed by atoms with Gasteiger partial charge in [-0.2, -0.15) is 11.1 Å². The first kappa shape index (κ1) is 11.2. The number of hydrogen-bond acceptors (Lipinski definition) is 3. The minimum absolute atomic E-state index is 0.612. The van der Waals surface area contributed by atoms with E-state index in [1.54, 1.807) is 21.3 Å². The molecule has 0 radical (unpaired) electrons. The third-order valence-corrected chi connectivity index (χ3v) is 3.64. The lowest BCUT2D eigenvalue weighted by Crippen LogP contribution is -2.13. The Morgan fingerprint density at radius 1 is 1.00 bits per heavy atom. The van der Waals surface area contributed by atoms with Crippen LogP contribution < -0.4 is 19.4 Å². The quantitative estimate of drug-likeness (QED) is 0.564. The highest BCUT2D eigenvalue weighted by molar-refractivity contribution is 7.01. The van der Waals surface area contributed by atoms with E-state index in [1.807, 2.05) is 12.1 Å². The molecular formula is C9H13ClO3Si. The van der Waals surface area contributed by atoms with Gasteiger partial charge in [-0.15, -0.1) is 0 Å². The zero-order valence-electron chi connectivity index (χ0n) is 8.46. The van der Waals surface area contributed by atoms with Gasteiger partial charge in [-0.05, 0) is 11.3 Å². The van der Waals surface area contributed by atoms with Crippen LogP contribution in [-0.2, 0) is 0 Å². The van der Waals surface area contributed by atoms with Crippen LogP contribution in [0.25, 0.3) is 0 Å². The fraction of sp³-hybridized carbons (Fsp3) is 0.333. The maximum absolute atomic E-state index is 5.90. The summed E-state index contributed by atoms with van der Waals surface area (Å²) < 4.78 is 15.6. The van der Waals surface area contributed by atoms with E-state index < -0.39 is 8.83 Å². The lowest BCUT2D eigenvalue weighted by Gasteiger charge is -2.14. The number of hydrogen-bond donors (Lipinski definition) is 0. The summed E-state index contributed by atoms with van der Waals surface area (Å²) in [5.74, 6) is 1.96. The van der Waals surface area contributed by atoms with Gasteiger partial charge in [0.15, 0.2) is 20.3 Å². The predicted octanol–water partition coefficient (Wildman–Crippen LogP) is 0.660. The Bertz CT molecular complexity index is 286. The second-order valence-corrected chi connectivity index (χ2v) is 4.46. The van der Waals surface area contributed by atoms with Crippen molar-refractivity contribution in [2.75, 3.05) is 21.3 Å². The largest absolute Gasteiger partial charge is 0.493 e. The molecule has 0 spiro atoms. The van der Waals surface area contributed by atoms with Crippen LogP contribution in [-0.4, -0.2) is 30.2 Å². The molecule has 0 heterocycles. The van der Waals surface area contributed by atoms with Crippen molar-refractivity contribution in [2.24, 2.45) is 0 Å². The molecule has 1 aromatic carbocycles. The molecule has 0 aromatic heterocycles. The molecule has 14 heavy (non-hydrogen) atoms. The highest BCUT2D eigenvalue weighted by Gasteiger charge is 2.14. The highest BCUT2D eigenvalue weighted by Crippen LogP contribution is 2.34. The van der Waals surface area contributed by atoms with Crippen LogP contribution in [0.1, 0.15) is 0 Å². The summed E-state index contributed by atoms with van der Waals surface area (Å²) in [5, 5.41) is 1.02. The summed E-state index contributed by atoms with van der Waals surface area (Å²) in [6.07, 6.45) is 0. The lowest BCUT2D eigenvalue weighted by atomic mass is 10.3. The minimum atomic E-state index is -0.791. The molecule has 0 saturated carbocycles. The summed E-state index contributed by atoms with van der Waals surface area (Å²) in [7, 11) is 3.98. The smallest absolute Gasteiger partial charge is 0.203 e. The number of halogens is 1. The molecule has 0 saturated heterocycles. The van der Waals surface area contributed by atoms with E-state index in [-0.39, 0.29) is 0 Å². The number of methoxy groups -OCH3 is 3. The Balaban J connectivity index is 3.28. The maximum atomic E-state index is 5.90. The van der Waals surface area contributed by atoms with Gasteiger partial charge in [0, 0.05) is 0 Å². The zero-order valence-corrected chi connectivity index (χ0v) is 10.6. The molecule has 0 atom stereocenters. The van der Waals surface area contributed by atoms with Crippen LogP contribution in [0.3, 0.4) is 0 Å². The first-order valence-corrected chi connectivity index (χ1v) is 6.96. The average molecular weight is 233 g/mol. The Kier molecular flexibility index (Phi) is 4.10. The fourth-order valence-electron chi connectivity index (χ4n) is 1.27. The number of ether oxygens (including phenoxy) is 3. The topological polar surface area (TPSA) is 27.7 Å². The molecule has 0 fully saturated rings. The van der Waals surface area contributed by atoms with Gasteiger partial charge in [0.1, 0.15) is 0 Å². The highest BCUT2D eigenvalue weighted by atomic mass is 35.6. The van der Waals surface area contributed by atoms with Crippen LogP contribution in [0.2, 0.25) is 0 Å². The molecule has 0 aliphatic heterocycles. The Labute approximate surface area is 90.4 Å². The van der Waals surface area contributed by atoms with Gasteiger partial charge in [-0.3, -0.25) is 0 Å². The predicted molar refractivity (Wildman–Crippen MR) is 60.1 cm³/mol. The standard InChI is InChI=1S/C9H13ClO3Si/c1-11-6-4-5-7(14-10)9(13-3)8(6)12-2/h4-5H,14H2,1-3H3. The summed E-state index contributed by atoms with van der Waals surface area (Å²) in [4.78, 5) is 0. The van der Waals surface area contributed by atoms with Gasteiger partial charge in [-0.25, -0.2) is 0 Å². The Morgan fingerprint density at radius 2 is 1.64 bits per heavy atom. The van der Waals surface area contributed by atoms with E-state index in [0.717, 1.165) is 5.19 Å². The van der Waals surface area contributed by atoms with Crippen LogP contribution in [0.4, 0.5) is 0 Å². The van der Waals surface area contributed by atoms with Gasteiger partial charge in [-0.1, -0.05) is 6.07 Å². The minimum Gasteiger partial charge on any atom is -0.493 e. The third kappa shape index (κ3) is 1.96. The van der Waals surface area contributed by atoms with Gasteiger partial charge in [0.2, 0.25) is 5.75 Å². The summed E-state index contributed by atoms with van der Waals surface area (Å²) >= 11 is 5.90. The van der Waals surface area contributed by atoms with E-state index in [9.17, 15) is 0 Å². The molecule has 0 N–H and O–H groups in total. The lowest BCUT2D eigenvalue weighted by molar-refractivity contribution is 0.326. The molecule has 5 heteroatoms. The van der Waals surface area contributed by atoms with Crippen molar-refractivity contribution >= 4 is 25.1 Å². The van der Waals surface area contributed by atoms with Gasteiger partial charge in [0.05, 0.1) is 21.3 Å². The summed E-state index contributed by atoms with van der Waals surface area (Å²) in [5.41, 5.74) is 0. The normalized spacial score (nSPS) is 10.6. The first-order valence-electron chi connectivity index (χ1n) is 4.12. The molecule has 0 unspecified atom stereocenters.